The third-order valence-electron chi connectivity index (χ3n) is 5.12. The van der Waals surface area contributed by atoms with E-state index in [1.165, 1.54) is 30.2 Å². The zero-order valence-electron chi connectivity index (χ0n) is 13.9. The summed E-state index contributed by atoms with van der Waals surface area (Å²) in [5, 5.41) is 0.949. The van der Waals surface area contributed by atoms with Crippen molar-refractivity contribution in [3.05, 3.63) is 65.9 Å². The second-order valence-corrected chi connectivity index (χ2v) is 6.79. The van der Waals surface area contributed by atoms with Crippen LogP contribution in [0.25, 0.3) is 10.9 Å². The second kappa shape index (κ2) is 6.36. The van der Waals surface area contributed by atoms with E-state index in [1.807, 2.05) is 24.5 Å². The minimum atomic E-state index is -0.183. The smallest absolute Gasteiger partial charge is 0.123 e. The van der Waals surface area contributed by atoms with E-state index >= 15 is 0 Å². The van der Waals surface area contributed by atoms with Gasteiger partial charge in [-0.05, 0) is 62.1 Å². The number of nitrogens with zero attached hydrogens (tertiary/aromatic N) is 2. The number of fused-ring (bicyclic) bond motifs is 1. The van der Waals surface area contributed by atoms with Crippen molar-refractivity contribution in [2.75, 3.05) is 0 Å². The van der Waals surface area contributed by atoms with E-state index in [0.29, 0.717) is 12.1 Å². The van der Waals surface area contributed by atoms with Gasteiger partial charge in [0.2, 0.25) is 0 Å². The molecule has 4 heteroatoms. The van der Waals surface area contributed by atoms with Crippen molar-refractivity contribution >= 4 is 10.9 Å². The molecule has 0 spiro atoms. The lowest BCUT2D eigenvalue weighted by molar-refractivity contribution is 0.0821. The summed E-state index contributed by atoms with van der Waals surface area (Å²) in [6, 6.07) is 12.0. The first-order valence-corrected chi connectivity index (χ1v) is 8.63. The summed E-state index contributed by atoms with van der Waals surface area (Å²) in [4.78, 5) is 10.3. The molecule has 1 aromatic carbocycles. The van der Waals surface area contributed by atoms with Crippen molar-refractivity contribution in [3.8, 4) is 0 Å². The molecule has 0 aliphatic carbocycles. The van der Waals surface area contributed by atoms with Gasteiger partial charge in [0.15, 0.2) is 0 Å². The van der Waals surface area contributed by atoms with Crippen LogP contribution in [0.3, 0.4) is 0 Å². The van der Waals surface area contributed by atoms with Crippen LogP contribution in [0, 0.1) is 5.82 Å². The fourth-order valence-corrected chi connectivity index (χ4v) is 3.85. The van der Waals surface area contributed by atoms with Gasteiger partial charge in [0.05, 0.1) is 6.04 Å². The number of hydrogen-bond donors (Lipinski definition) is 1. The van der Waals surface area contributed by atoms with Crippen LogP contribution in [0.4, 0.5) is 4.39 Å². The predicted octanol–water partition coefficient (Wildman–Crippen LogP) is 4.82. The number of hydrogen-bond acceptors (Lipinski definition) is 2. The lowest BCUT2D eigenvalue weighted by Gasteiger charge is -2.40. The van der Waals surface area contributed by atoms with E-state index in [-0.39, 0.29) is 5.82 Å². The maximum Gasteiger partial charge on any atom is 0.123 e. The Morgan fingerprint density at radius 1 is 1.25 bits per heavy atom. The van der Waals surface area contributed by atoms with Crippen molar-refractivity contribution in [2.24, 2.45) is 0 Å². The molecule has 24 heavy (non-hydrogen) atoms. The Morgan fingerprint density at radius 3 is 3.00 bits per heavy atom. The summed E-state index contributed by atoms with van der Waals surface area (Å²) in [5.41, 5.74) is 3.43. The highest BCUT2D eigenvalue weighted by Gasteiger charge is 2.30. The Morgan fingerprint density at radius 2 is 2.17 bits per heavy atom. The molecule has 0 amide bonds. The standard InChI is InChI=1S/C20H22FN3/c1-14-4-2-6-20(24(14)13-15-5-3-9-22-12-15)19-11-16-10-17(21)7-8-18(16)23-19/h3,5,7-12,14,20,23H,2,4,6,13H2,1H3. The molecule has 2 atom stereocenters. The lowest BCUT2D eigenvalue weighted by Crippen LogP contribution is -2.39. The van der Waals surface area contributed by atoms with Crippen LogP contribution in [-0.4, -0.2) is 20.9 Å². The number of aromatic nitrogens is 2. The van der Waals surface area contributed by atoms with Crippen molar-refractivity contribution < 1.29 is 4.39 Å². The predicted molar refractivity (Wildman–Crippen MR) is 94.1 cm³/mol. The summed E-state index contributed by atoms with van der Waals surface area (Å²) < 4.78 is 13.5. The zero-order valence-corrected chi connectivity index (χ0v) is 13.9. The molecule has 1 aliphatic heterocycles. The molecule has 0 bridgehead atoms. The molecule has 1 aliphatic rings. The number of pyridine rings is 1. The van der Waals surface area contributed by atoms with Gasteiger partial charge < -0.3 is 4.98 Å². The maximum atomic E-state index is 13.5. The highest BCUT2D eigenvalue weighted by molar-refractivity contribution is 5.80. The van der Waals surface area contributed by atoms with Crippen LogP contribution >= 0.6 is 0 Å². The van der Waals surface area contributed by atoms with E-state index in [4.69, 9.17) is 0 Å². The number of aromatic amines is 1. The second-order valence-electron chi connectivity index (χ2n) is 6.79. The summed E-state index contributed by atoms with van der Waals surface area (Å²) in [5.74, 6) is -0.183. The van der Waals surface area contributed by atoms with Gasteiger partial charge in [-0.25, -0.2) is 4.39 Å². The Kier molecular flexibility index (Phi) is 4.07. The normalized spacial score (nSPS) is 22.1. The number of benzene rings is 1. The van der Waals surface area contributed by atoms with Crippen molar-refractivity contribution in [2.45, 2.75) is 44.8 Å². The molecule has 1 N–H and O–H groups in total. The van der Waals surface area contributed by atoms with E-state index < -0.39 is 0 Å². The van der Waals surface area contributed by atoms with Crippen molar-refractivity contribution in [3.63, 3.8) is 0 Å². The number of piperidine rings is 1. The summed E-state index contributed by atoms with van der Waals surface area (Å²) in [6.07, 6.45) is 7.32. The summed E-state index contributed by atoms with van der Waals surface area (Å²) >= 11 is 0. The molecule has 2 unspecified atom stereocenters. The minimum absolute atomic E-state index is 0.183. The molecule has 3 nitrogen and oxygen atoms in total. The fraction of sp³-hybridized carbons (Fsp3) is 0.350. The van der Waals surface area contributed by atoms with E-state index in [9.17, 15) is 4.39 Å². The number of H-pyrrole nitrogens is 1. The maximum absolute atomic E-state index is 13.5. The van der Waals surface area contributed by atoms with Crippen molar-refractivity contribution in [1.29, 1.82) is 0 Å². The van der Waals surface area contributed by atoms with E-state index in [2.05, 4.69) is 33.9 Å². The van der Waals surface area contributed by atoms with Gasteiger partial charge in [0.25, 0.3) is 0 Å². The largest absolute Gasteiger partial charge is 0.357 e. The lowest BCUT2D eigenvalue weighted by atomic mass is 9.93. The molecule has 2 aromatic heterocycles. The highest BCUT2D eigenvalue weighted by atomic mass is 19.1. The molecular weight excluding hydrogens is 301 g/mol. The average Bonchev–Trinajstić information content (AvgIpc) is 3.00. The van der Waals surface area contributed by atoms with E-state index in [0.717, 1.165) is 23.9 Å². The SMILES string of the molecule is CC1CCCC(c2cc3cc(F)ccc3[nH]2)N1Cc1cccnc1. The molecule has 124 valence electrons. The van der Waals surface area contributed by atoms with Crippen LogP contribution in [-0.2, 0) is 6.54 Å². The van der Waals surface area contributed by atoms with Crippen LogP contribution in [0.15, 0.2) is 48.8 Å². The Labute approximate surface area is 141 Å². The monoisotopic (exact) mass is 323 g/mol. The van der Waals surface area contributed by atoms with Gasteiger partial charge >= 0.3 is 0 Å². The quantitative estimate of drug-likeness (QED) is 0.749. The molecule has 4 rings (SSSR count). The van der Waals surface area contributed by atoms with Crippen LogP contribution in [0.5, 0.6) is 0 Å². The number of nitrogens with one attached hydrogen (secondary N) is 1. The molecule has 3 aromatic rings. The molecular formula is C20H22FN3. The summed E-state index contributed by atoms with van der Waals surface area (Å²) in [7, 11) is 0. The van der Waals surface area contributed by atoms with Gasteiger partial charge in [-0.15, -0.1) is 0 Å². The first-order valence-electron chi connectivity index (χ1n) is 8.63. The van der Waals surface area contributed by atoms with Crippen LogP contribution in [0.2, 0.25) is 0 Å². The summed E-state index contributed by atoms with van der Waals surface area (Å²) in [6.45, 7) is 3.19. The van der Waals surface area contributed by atoms with Gasteiger partial charge in [-0.1, -0.05) is 6.07 Å². The first kappa shape index (κ1) is 15.3. The Hall–Kier alpha value is -2.20. The topological polar surface area (TPSA) is 31.9 Å². The molecule has 0 radical (unpaired) electrons. The molecule has 0 saturated carbocycles. The number of rotatable bonds is 3. The van der Waals surface area contributed by atoms with Gasteiger partial charge in [-0.2, -0.15) is 0 Å². The third-order valence-corrected chi connectivity index (χ3v) is 5.12. The zero-order chi connectivity index (χ0) is 16.5. The molecule has 1 fully saturated rings. The Balaban J connectivity index is 1.67. The highest BCUT2D eigenvalue weighted by Crippen LogP contribution is 2.36. The number of halogens is 1. The first-order chi connectivity index (χ1) is 11.7. The van der Waals surface area contributed by atoms with Gasteiger partial charge in [0, 0.05) is 41.6 Å². The average molecular weight is 323 g/mol. The van der Waals surface area contributed by atoms with E-state index in [1.54, 1.807) is 6.07 Å². The van der Waals surface area contributed by atoms with Crippen LogP contribution in [0.1, 0.15) is 43.5 Å². The third kappa shape index (κ3) is 2.94. The molecule has 1 saturated heterocycles. The number of likely N-dealkylation sites (tertiary alicyclic amines) is 1. The molecule has 3 heterocycles. The fourth-order valence-electron chi connectivity index (χ4n) is 3.85. The van der Waals surface area contributed by atoms with Crippen LogP contribution < -0.4 is 0 Å². The van der Waals surface area contributed by atoms with Gasteiger partial charge in [0.1, 0.15) is 5.82 Å². The van der Waals surface area contributed by atoms with Crippen molar-refractivity contribution in [1.82, 2.24) is 14.9 Å². The Bertz CT molecular complexity index is 827. The van der Waals surface area contributed by atoms with Gasteiger partial charge in [-0.3, -0.25) is 9.88 Å². The minimum Gasteiger partial charge on any atom is -0.357 e.